The van der Waals surface area contributed by atoms with E-state index in [1.165, 1.54) is 0 Å². The van der Waals surface area contributed by atoms with Crippen LogP contribution in [-0.2, 0) is 4.74 Å². The number of benzene rings is 1. The first-order chi connectivity index (χ1) is 12.2. The van der Waals surface area contributed by atoms with Crippen LogP contribution in [0.15, 0.2) is 34.9 Å². The average molecular weight is 420 g/mol. The summed E-state index contributed by atoms with van der Waals surface area (Å²) < 4.78 is 6.66. The van der Waals surface area contributed by atoms with E-state index in [2.05, 4.69) is 32.8 Å². The number of hydrogen-bond donors (Lipinski definition) is 1. The molecule has 0 saturated carbocycles. The summed E-state index contributed by atoms with van der Waals surface area (Å²) in [6.07, 6.45) is 3.52. The predicted octanol–water partition coefficient (Wildman–Crippen LogP) is 5.55. The van der Waals surface area contributed by atoms with Gasteiger partial charge in [-0.3, -0.25) is 4.90 Å². The van der Waals surface area contributed by atoms with Crippen LogP contribution in [0.5, 0.6) is 0 Å². The van der Waals surface area contributed by atoms with Crippen LogP contribution in [0.2, 0.25) is 0 Å². The topological polar surface area (TPSA) is 58.2 Å². The van der Waals surface area contributed by atoms with Gasteiger partial charge in [-0.1, -0.05) is 35.0 Å². The maximum atomic E-state index is 12.7. The Morgan fingerprint density at radius 2 is 1.96 bits per heavy atom. The lowest BCUT2D eigenvalue weighted by molar-refractivity contribution is 0.00254. The Labute approximate surface area is 163 Å². The van der Waals surface area contributed by atoms with Crippen molar-refractivity contribution < 1.29 is 9.53 Å². The molecule has 0 radical (unpaired) electrons. The molecule has 2 aromatic rings. The van der Waals surface area contributed by atoms with Gasteiger partial charge in [0, 0.05) is 11.0 Å². The average Bonchev–Trinajstić information content (AvgIpc) is 3.03. The van der Waals surface area contributed by atoms with Gasteiger partial charge in [0.1, 0.15) is 11.4 Å². The largest absolute Gasteiger partial charge is 0.444 e. The van der Waals surface area contributed by atoms with Gasteiger partial charge in [-0.2, -0.15) is 0 Å². The lowest BCUT2D eigenvalue weighted by Crippen LogP contribution is -2.44. The summed E-state index contributed by atoms with van der Waals surface area (Å²) in [5, 5.41) is 0. The number of halogens is 1. The first-order valence-electron chi connectivity index (χ1n) is 9.03. The molecule has 2 heterocycles. The number of aromatic amines is 1. The van der Waals surface area contributed by atoms with Gasteiger partial charge in [0.15, 0.2) is 0 Å². The van der Waals surface area contributed by atoms with Gasteiger partial charge in [0.05, 0.1) is 17.9 Å². The molecule has 26 heavy (non-hydrogen) atoms. The molecule has 1 N–H and O–H groups in total. The molecule has 5 nitrogen and oxygen atoms in total. The fourth-order valence-corrected chi connectivity index (χ4v) is 3.51. The van der Waals surface area contributed by atoms with Crippen molar-refractivity contribution in [1.29, 1.82) is 0 Å². The quantitative estimate of drug-likeness (QED) is 0.693. The molecule has 0 unspecified atom stereocenters. The van der Waals surface area contributed by atoms with Crippen LogP contribution in [0.1, 0.15) is 52.4 Å². The summed E-state index contributed by atoms with van der Waals surface area (Å²) in [6.45, 7) is 8.54. The Kier molecular flexibility index (Phi) is 5.42. The highest BCUT2D eigenvalue weighted by atomic mass is 79.9. The zero-order valence-electron chi connectivity index (χ0n) is 15.8. The molecule has 1 saturated heterocycles. The first kappa shape index (κ1) is 19.0. The van der Waals surface area contributed by atoms with E-state index in [0.717, 1.165) is 34.4 Å². The Hall–Kier alpha value is -1.82. The number of ether oxygens (including phenoxy) is 1. The minimum atomic E-state index is -0.506. The third-order valence-corrected chi connectivity index (χ3v) is 5.04. The molecule has 2 atom stereocenters. The summed E-state index contributed by atoms with van der Waals surface area (Å²) in [7, 11) is 0. The lowest BCUT2D eigenvalue weighted by Gasteiger charge is -2.38. The lowest BCUT2D eigenvalue weighted by atomic mass is 9.94. The summed E-state index contributed by atoms with van der Waals surface area (Å²) >= 11 is 3.46. The van der Waals surface area contributed by atoms with Crippen molar-refractivity contribution in [1.82, 2.24) is 14.9 Å². The van der Waals surface area contributed by atoms with Gasteiger partial charge in [0.2, 0.25) is 0 Å². The predicted molar refractivity (Wildman–Crippen MR) is 106 cm³/mol. The maximum absolute atomic E-state index is 12.7. The molecule has 6 heteroatoms. The van der Waals surface area contributed by atoms with Crippen LogP contribution >= 0.6 is 15.9 Å². The molecule has 0 spiro atoms. The van der Waals surface area contributed by atoms with E-state index >= 15 is 0 Å². The highest BCUT2D eigenvalue weighted by Crippen LogP contribution is 2.34. The number of aromatic nitrogens is 2. The van der Waals surface area contributed by atoms with Crippen LogP contribution < -0.4 is 0 Å². The number of carbonyl (C=O) groups excluding carboxylic acids is 1. The molecule has 0 bridgehead atoms. The summed E-state index contributed by atoms with van der Waals surface area (Å²) in [5.41, 5.74) is 1.52. The Morgan fingerprint density at radius 3 is 2.62 bits per heavy atom. The van der Waals surface area contributed by atoms with E-state index in [0.29, 0.717) is 12.5 Å². The molecule has 1 fully saturated rings. The Bertz CT molecular complexity index is 764. The number of amides is 1. The fourth-order valence-electron chi connectivity index (χ4n) is 3.24. The van der Waals surface area contributed by atoms with E-state index in [1.54, 1.807) is 0 Å². The first-order valence-corrected chi connectivity index (χ1v) is 9.83. The van der Waals surface area contributed by atoms with Crippen LogP contribution in [0, 0.1) is 5.92 Å². The standard InChI is InChI=1S/C20H26BrN3O2/c1-13-5-10-17(24(12-13)19(25)26-20(2,3)4)18-22-11-16(23-18)14-6-8-15(21)9-7-14/h6-9,11,13,17H,5,10,12H2,1-4H3,(H,22,23)/t13-,17-/m0/s1. The molecule has 0 aliphatic carbocycles. The van der Waals surface area contributed by atoms with Crippen molar-refractivity contribution in [2.75, 3.05) is 6.54 Å². The summed E-state index contributed by atoms with van der Waals surface area (Å²) in [5.74, 6) is 1.28. The molecule has 1 aliphatic rings. The molecule has 3 rings (SSSR count). The Balaban J connectivity index is 1.83. The zero-order valence-corrected chi connectivity index (χ0v) is 17.3. The fraction of sp³-hybridized carbons (Fsp3) is 0.500. The molecule has 1 aliphatic heterocycles. The van der Waals surface area contributed by atoms with Gasteiger partial charge < -0.3 is 9.72 Å². The maximum Gasteiger partial charge on any atom is 0.410 e. The smallest absolute Gasteiger partial charge is 0.410 e. The number of rotatable bonds is 2. The van der Waals surface area contributed by atoms with Crippen LogP contribution in [0.25, 0.3) is 11.3 Å². The van der Waals surface area contributed by atoms with Gasteiger partial charge in [-0.05, 0) is 57.2 Å². The monoisotopic (exact) mass is 419 g/mol. The number of imidazole rings is 1. The van der Waals surface area contributed by atoms with Gasteiger partial charge >= 0.3 is 6.09 Å². The summed E-state index contributed by atoms with van der Waals surface area (Å²) in [4.78, 5) is 22.5. The van der Waals surface area contributed by atoms with E-state index < -0.39 is 5.60 Å². The highest BCUT2D eigenvalue weighted by molar-refractivity contribution is 9.10. The molecule has 1 amide bonds. The second kappa shape index (κ2) is 7.43. The van der Waals surface area contributed by atoms with Gasteiger partial charge in [-0.15, -0.1) is 0 Å². The number of likely N-dealkylation sites (tertiary alicyclic amines) is 1. The second-order valence-electron chi connectivity index (χ2n) is 8.02. The minimum absolute atomic E-state index is 0.0785. The third-order valence-electron chi connectivity index (χ3n) is 4.51. The van der Waals surface area contributed by atoms with E-state index in [1.807, 2.05) is 56.1 Å². The van der Waals surface area contributed by atoms with Gasteiger partial charge in [0.25, 0.3) is 0 Å². The highest BCUT2D eigenvalue weighted by Gasteiger charge is 2.35. The van der Waals surface area contributed by atoms with E-state index in [4.69, 9.17) is 4.74 Å². The van der Waals surface area contributed by atoms with Crippen LogP contribution in [0.4, 0.5) is 4.79 Å². The third kappa shape index (κ3) is 4.47. The van der Waals surface area contributed by atoms with E-state index in [-0.39, 0.29) is 12.1 Å². The van der Waals surface area contributed by atoms with Crippen molar-refractivity contribution >= 4 is 22.0 Å². The molecular weight excluding hydrogens is 394 g/mol. The molecule has 1 aromatic carbocycles. The normalized spacial score (nSPS) is 20.9. The van der Waals surface area contributed by atoms with Crippen LogP contribution in [-0.4, -0.2) is 33.1 Å². The van der Waals surface area contributed by atoms with Crippen LogP contribution in [0.3, 0.4) is 0 Å². The van der Waals surface area contributed by atoms with Crippen molar-refractivity contribution in [2.45, 2.75) is 52.2 Å². The second-order valence-corrected chi connectivity index (χ2v) is 8.94. The van der Waals surface area contributed by atoms with E-state index in [9.17, 15) is 4.79 Å². The number of carbonyl (C=O) groups is 1. The number of hydrogen-bond acceptors (Lipinski definition) is 3. The van der Waals surface area contributed by atoms with Crippen molar-refractivity contribution in [2.24, 2.45) is 5.92 Å². The number of nitrogens with zero attached hydrogens (tertiary/aromatic N) is 2. The zero-order chi connectivity index (χ0) is 18.9. The van der Waals surface area contributed by atoms with Crippen molar-refractivity contribution in [3.63, 3.8) is 0 Å². The number of H-pyrrole nitrogens is 1. The minimum Gasteiger partial charge on any atom is -0.444 e. The molecular formula is C20H26BrN3O2. The molecule has 140 valence electrons. The SMILES string of the molecule is C[C@H]1CC[C@@H](c2ncc(-c3ccc(Br)cc3)[nH]2)N(C(=O)OC(C)(C)C)C1. The number of nitrogens with one attached hydrogen (secondary N) is 1. The van der Waals surface area contributed by atoms with Crippen molar-refractivity contribution in [3.05, 3.63) is 40.8 Å². The molecule has 1 aromatic heterocycles. The number of piperidine rings is 1. The van der Waals surface area contributed by atoms with Crippen molar-refractivity contribution in [3.8, 4) is 11.3 Å². The summed E-state index contributed by atoms with van der Waals surface area (Å²) in [6, 6.07) is 8.01. The van der Waals surface area contributed by atoms with Gasteiger partial charge in [-0.25, -0.2) is 9.78 Å². The Morgan fingerprint density at radius 1 is 1.27 bits per heavy atom.